The fraction of sp³-hybridized carbons (Fsp3) is 0.176. The second kappa shape index (κ2) is 6.49. The molecule has 3 heteroatoms. The van der Waals surface area contributed by atoms with Crippen molar-refractivity contribution in [1.29, 1.82) is 0 Å². The molecule has 104 valence electrons. The van der Waals surface area contributed by atoms with Crippen molar-refractivity contribution >= 4 is 17.2 Å². The Hall–Kier alpha value is -1.93. The van der Waals surface area contributed by atoms with Crippen molar-refractivity contribution in [3.63, 3.8) is 0 Å². The van der Waals surface area contributed by atoms with E-state index in [1.165, 1.54) is 0 Å². The highest BCUT2D eigenvalue weighted by Gasteiger charge is 2.08. The van der Waals surface area contributed by atoms with Crippen LogP contribution in [0.5, 0.6) is 11.5 Å². The van der Waals surface area contributed by atoms with Crippen LogP contribution in [0.2, 0.25) is 0 Å². The molecule has 0 aliphatic heterocycles. The van der Waals surface area contributed by atoms with Crippen molar-refractivity contribution in [2.75, 3.05) is 14.2 Å². The molecule has 0 N–H and O–H groups in total. The van der Waals surface area contributed by atoms with E-state index in [0.717, 1.165) is 33.2 Å². The van der Waals surface area contributed by atoms with Gasteiger partial charge in [0.1, 0.15) is 11.5 Å². The second-order valence-electron chi connectivity index (χ2n) is 4.37. The summed E-state index contributed by atoms with van der Waals surface area (Å²) in [6.07, 6.45) is 0. The SMILES string of the molecule is COc1ccc(C(=C(C)Cl)c2ccc(OC)cc2)cc1. The molecule has 0 bridgehead atoms. The molecule has 2 aromatic carbocycles. The topological polar surface area (TPSA) is 18.5 Å². The third kappa shape index (κ3) is 3.14. The average Bonchev–Trinajstić information content (AvgIpc) is 2.48. The number of hydrogen-bond acceptors (Lipinski definition) is 2. The van der Waals surface area contributed by atoms with Crippen molar-refractivity contribution < 1.29 is 9.47 Å². The predicted octanol–water partition coefficient (Wildman–Crippen LogP) is 4.72. The van der Waals surface area contributed by atoms with Gasteiger partial charge >= 0.3 is 0 Å². The molecule has 0 aromatic heterocycles. The Morgan fingerprint density at radius 2 is 1.10 bits per heavy atom. The van der Waals surface area contributed by atoms with Gasteiger partial charge in [0.15, 0.2) is 0 Å². The van der Waals surface area contributed by atoms with Crippen molar-refractivity contribution in [3.05, 3.63) is 64.7 Å². The minimum absolute atomic E-state index is 0.750. The maximum atomic E-state index is 6.28. The summed E-state index contributed by atoms with van der Waals surface area (Å²) in [6, 6.07) is 15.7. The van der Waals surface area contributed by atoms with Crippen molar-refractivity contribution in [2.45, 2.75) is 6.92 Å². The lowest BCUT2D eigenvalue weighted by Gasteiger charge is -2.11. The summed E-state index contributed by atoms with van der Waals surface area (Å²) in [7, 11) is 3.31. The van der Waals surface area contributed by atoms with Crippen LogP contribution in [0.25, 0.3) is 5.57 Å². The first-order valence-corrected chi connectivity index (χ1v) is 6.68. The lowest BCUT2D eigenvalue weighted by atomic mass is 9.97. The smallest absolute Gasteiger partial charge is 0.118 e. The summed E-state index contributed by atoms with van der Waals surface area (Å²) in [5.74, 6) is 1.66. The Bertz CT molecular complexity index is 544. The Kier molecular flexibility index (Phi) is 4.70. The molecule has 0 aliphatic carbocycles. The zero-order valence-electron chi connectivity index (χ0n) is 11.8. The van der Waals surface area contributed by atoms with Gasteiger partial charge in [0, 0.05) is 10.6 Å². The maximum Gasteiger partial charge on any atom is 0.118 e. The van der Waals surface area contributed by atoms with E-state index in [0.29, 0.717) is 0 Å². The minimum Gasteiger partial charge on any atom is -0.497 e. The minimum atomic E-state index is 0.750. The van der Waals surface area contributed by atoms with Crippen LogP contribution in [0.3, 0.4) is 0 Å². The Morgan fingerprint density at radius 3 is 1.35 bits per heavy atom. The van der Waals surface area contributed by atoms with Gasteiger partial charge in [0.25, 0.3) is 0 Å². The molecular weight excluding hydrogens is 272 g/mol. The zero-order valence-corrected chi connectivity index (χ0v) is 12.6. The summed E-state index contributed by atoms with van der Waals surface area (Å²) in [4.78, 5) is 0. The van der Waals surface area contributed by atoms with E-state index >= 15 is 0 Å². The molecule has 0 atom stereocenters. The third-order valence-electron chi connectivity index (χ3n) is 3.10. The highest BCUT2D eigenvalue weighted by Crippen LogP contribution is 2.30. The molecule has 2 aromatic rings. The largest absolute Gasteiger partial charge is 0.497 e. The van der Waals surface area contributed by atoms with E-state index in [-0.39, 0.29) is 0 Å². The number of halogens is 1. The van der Waals surface area contributed by atoms with E-state index in [4.69, 9.17) is 21.1 Å². The molecule has 0 aliphatic rings. The molecule has 0 heterocycles. The molecule has 0 amide bonds. The quantitative estimate of drug-likeness (QED) is 0.810. The van der Waals surface area contributed by atoms with E-state index in [1.54, 1.807) is 14.2 Å². The van der Waals surface area contributed by atoms with Gasteiger partial charge in [-0.3, -0.25) is 0 Å². The molecule has 20 heavy (non-hydrogen) atoms. The van der Waals surface area contributed by atoms with Crippen molar-refractivity contribution in [3.8, 4) is 11.5 Å². The second-order valence-corrected chi connectivity index (χ2v) is 4.93. The molecule has 0 unspecified atom stereocenters. The fourth-order valence-corrected chi connectivity index (χ4v) is 2.30. The lowest BCUT2D eigenvalue weighted by molar-refractivity contribution is 0.414. The van der Waals surface area contributed by atoms with Gasteiger partial charge in [-0.15, -0.1) is 0 Å². The Morgan fingerprint density at radius 1 is 0.750 bits per heavy atom. The van der Waals surface area contributed by atoms with E-state index in [9.17, 15) is 0 Å². The highest BCUT2D eigenvalue weighted by molar-refractivity contribution is 6.33. The van der Waals surface area contributed by atoms with Crippen LogP contribution in [0.4, 0.5) is 0 Å². The lowest BCUT2D eigenvalue weighted by Crippen LogP contribution is -1.91. The van der Waals surface area contributed by atoms with E-state index in [1.807, 2.05) is 55.5 Å². The number of benzene rings is 2. The van der Waals surface area contributed by atoms with Gasteiger partial charge in [0.2, 0.25) is 0 Å². The van der Waals surface area contributed by atoms with Crippen LogP contribution >= 0.6 is 11.6 Å². The first-order valence-electron chi connectivity index (χ1n) is 6.31. The summed E-state index contributed by atoms with van der Waals surface area (Å²) < 4.78 is 10.4. The Balaban J connectivity index is 2.42. The molecule has 2 rings (SSSR count). The van der Waals surface area contributed by atoms with Crippen LogP contribution in [0, 0.1) is 0 Å². The number of ether oxygens (including phenoxy) is 2. The average molecular weight is 289 g/mol. The zero-order chi connectivity index (χ0) is 14.5. The summed E-state index contributed by atoms with van der Waals surface area (Å²) in [5.41, 5.74) is 3.13. The molecule has 0 saturated heterocycles. The number of allylic oxidation sites excluding steroid dienone is 1. The van der Waals surface area contributed by atoms with E-state index in [2.05, 4.69) is 0 Å². The fourth-order valence-electron chi connectivity index (χ4n) is 2.08. The normalized spacial score (nSPS) is 10.0. The van der Waals surface area contributed by atoms with Gasteiger partial charge in [-0.05, 0) is 42.3 Å². The van der Waals surface area contributed by atoms with Crippen molar-refractivity contribution in [2.24, 2.45) is 0 Å². The van der Waals surface area contributed by atoms with Crippen LogP contribution in [-0.2, 0) is 0 Å². The molecule has 0 fully saturated rings. The first kappa shape index (κ1) is 14.5. The van der Waals surface area contributed by atoms with Gasteiger partial charge < -0.3 is 9.47 Å². The molecule has 0 spiro atoms. The van der Waals surface area contributed by atoms with Crippen molar-refractivity contribution in [1.82, 2.24) is 0 Å². The standard InChI is InChI=1S/C17H17ClO2/c1-12(18)17(13-4-8-15(19-2)9-5-13)14-6-10-16(20-3)11-7-14/h4-11H,1-3H3. The predicted molar refractivity (Wildman–Crippen MR) is 83.5 cm³/mol. The summed E-state index contributed by atoms with van der Waals surface area (Å²) in [6.45, 7) is 1.89. The Labute approximate surface area is 124 Å². The first-order chi connectivity index (χ1) is 9.65. The van der Waals surface area contributed by atoms with Crippen LogP contribution < -0.4 is 9.47 Å². The van der Waals surface area contributed by atoms with E-state index < -0.39 is 0 Å². The number of methoxy groups -OCH3 is 2. The monoisotopic (exact) mass is 288 g/mol. The van der Waals surface area contributed by atoms with Gasteiger partial charge in [-0.2, -0.15) is 0 Å². The van der Waals surface area contributed by atoms with Gasteiger partial charge in [-0.1, -0.05) is 35.9 Å². The number of hydrogen-bond donors (Lipinski definition) is 0. The molecule has 2 nitrogen and oxygen atoms in total. The summed E-state index contributed by atoms with van der Waals surface area (Å²) in [5, 5.41) is 0.750. The van der Waals surface area contributed by atoms with Crippen LogP contribution in [-0.4, -0.2) is 14.2 Å². The maximum absolute atomic E-state index is 6.28. The third-order valence-corrected chi connectivity index (χ3v) is 3.29. The van der Waals surface area contributed by atoms with Crippen LogP contribution in [0.15, 0.2) is 53.6 Å². The number of rotatable bonds is 4. The molecule has 0 radical (unpaired) electrons. The molecule has 0 saturated carbocycles. The van der Waals surface area contributed by atoms with Gasteiger partial charge in [0.05, 0.1) is 14.2 Å². The van der Waals surface area contributed by atoms with Gasteiger partial charge in [-0.25, -0.2) is 0 Å². The molecular formula is C17H17ClO2. The highest BCUT2D eigenvalue weighted by atomic mass is 35.5. The van der Waals surface area contributed by atoms with Crippen LogP contribution in [0.1, 0.15) is 18.1 Å². The summed E-state index contributed by atoms with van der Waals surface area (Å²) >= 11 is 6.28.